The monoisotopic (exact) mass is 589 g/mol. The fraction of sp³-hybridized carbons (Fsp3) is 0.111. The standard InChI is InChI=1S/C36H28ClNO5/c1-22-18-29(37)13-16-31(22)25-10-14-30(15-11-25)38-35(39)32(19-23-2-4-27(5-3-23)36(40)41)26-8-6-24(7-9-26)28-12-17-33-34(20-28)43-21-42-33/h2-18,20,32H,19,21H2,1H3,(H,38,39)(H,40,41)/t32-/m1/s1. The fourth-order valence-electron chi connectivity index (χ4n) is 5.28. The first-order valence-electron chi connectivity index (χ1n) is 13.8. The molecule has 7 heteroatoms. The highest BCUT2D eigenvalue weighted by atomic mass is 35.5. The normalized spacial score (nSPS) is 12.5. The van der Waals surface area contributed by atoms with Crippen LogP contribution >= 0.6 is 11.6 Å². The minimum atomic E-state index is -0.989. The minimum absolute atomic E-state index is 0.159. The molecule has 0 bridgehead atoms. The molecule has 43 heavy (non-hydrogen) atoms. The van der Waals surface area contributed by atoms with E-state index in [0.29, 0.717) is 22.9 Å². The maximum atomic E-state index is 13.8. The molecular formula is C36H28ClNO5. The SMILES string of the molecule is Cc1cc(Cl)ccc1-c1ccc(NC(=O)[C@H](Cc2ccc(C(=O)O)cc2)c2ccc(-c3ccc4c(c3)OCO4)cc2)cc1. The van der Waals surface area contributed by atoms with Crippen molar-refractivity contribution in [1.82, 2.24) is 0 Å². The smallest absolute Gasteiger partial charge is 0.335 e. The van der Waals surface area contributed by atoms with Crippen molar-refractivity contribution in [3.8, 4) is 33.8 Å². The lowest BCUT2D eigenvalue weighted by molar-refractivity contribution is -0.117. The number of carboxylic acids is 1. The molecule has 0 fully saturated rings. The van der Waals surface area contributed by atoms with Gasteiger partial charge in [0.2, 0.25) is 12.7 Å². The molecule has 214 valence electrons. The summed E-state index contributed by atoms with van der Waals surface area (Å²) in [6, 6.07) is 33.9. The molecule has 1 heterocycles. The molecule has 1 aliphatic rings. The van der Waals surface area contributed by atoms with Crippen LogP contribution in [0.25, 0.3) is 22.3 Å². The molecule has 0 radical (unpaired) electrons. The summed E-state index contributed by atoms with van der Waals surface area (Å²) in [7, 11) is 0. The van der Waals surface area contributed by atoms with E-state index in [0.717, 1.165) is 44.7 Å². The Morgan fingerprint density at radius 3 is 2.16 bits per heavy atom. The number of fused-ring (bicyclic) bond motifs is 1. The van der Waals surface area contributed by atoms with Gasteiger partial charge >= 0.3 is 5.97 Å². The zero-order valence-electron chi connectivity index (χ0n) is 23.3. The van der Waals surface area contributed by atoms with E-state index in [-0.39, 0.29) is 18.3 Å². The Labute approximate surface area is 254 Å². The minimum Gasteiger partial charge on any atom is -0.478 e. The number of rotatable bonds is 8. The Hall–Kier alpha value is -5.07. The van der Waals surface area contributed by atoms with E-state index < -0.39 is 11.9 Å². The maximum absolute atomic E-state index is 13.8. The van der Waals surface area contributed by atoms with Crippen molar-refractivity contribution in [3.05, 3.63) is 136 Å². The van der Waals surface area contributed by atoms with Crippen molar-refractivity contribution >= 4 is 29.2 Å². The third-order valence-corrected chi connectivity index (χ3v) is 7.86. The van der Waals surface area contributed by atoms with Gasteiger partial charge < -0.3 is 19.9 Å². The molecule has 2 N–H and O–H groups in total. The Morgan fingerprint density at radius 1 is 0.791 bits per heavy atom. The number of carbonyl (C=O) groups excluding carboxylic acids is 1. The van der Waals surface area contributed by atoms with Crippen molar-refractivity contribution in [2.75, 3.05) is 12.1 Å². The van der Waals surface area contributed by atoms with Gasteiger partial charge in [-0.25, -0.2) is 4.79 Å². The zero-order chi connectivity index (χ0) is 29.9. The Balaban J connectivity index is 1.25. The van der Waals surface area contributed by atoms with Crippen LogP contribution < -0.4 is 14.8 Å². The Bertz CT molecular complexity index is 1800. The third kappa shape index (κ3) is 6.25. The third-order valence-electron chi connectivity index (χ3n) is 7.63. The van der Waals surface area contributed by atoms with Crippen LogP contribution in [0.5, 0.6) is 11.5 Å². The van der Waals surface area contributed by atoms with Crippen molar-refractivity contribution in [3.63, 3.8) is 0 Å². The number of amides is 1. The number of nitrogens with one attached hydrogen (secondary N) is 1. The number of benzene rings is 5. The molecule has 0 saturated carbocycles. The molecule has 1 aliphatic heterocycles. The molecule has 6 rings (SSSR count). The van der Waals surface area contributed by atoms with E-state index in [1.165, 1.54) is 0 Å². The van der Waals surface area contributed by atoms with Crippen LogP contribution in [0.3, 0.4) is 0 Å². The van der Waals surface area contributed by atoms with Crippen LogP contribution in [-0.2, 0) is 11.2 Å². The van der Waals surface area contributed by atoms with E-state index in [1.807, 2.05) is 91.9 Å². The summed E-state index contributed by atoms with van der Waals surface area (Å²) in [5, 5.41) is 13.1. The second kappa shape index (κ2) is 12.0. The topological polar surface area (TPSA) is 84.9 Å². The van der Waals surface area contributed by atoms with Crippen molar-refractivity contribution in [2.45, 2.75) is 19.3 Å². The first-order valence-corrected chi connectivity index (χ1v) is 14.2. The number of hydrogen-bond donors (Lipinski definition) is 2. The van der Waals surface area contributed by atoms with Crippen LogP contribution in [-0.4, -0.2) is 23.8 Å². The average molecular weight is 590 g/mol. The lowest BCUT2D eigenvalue weighted by Gasteiger charge is -2.19. The average Bonchev–Trinajstić information content (AvgIpc) is 3.49. The molecule has 0 spiro atoms. The summed E-state index contributed by atoms with van der Waals surface area (Å²) in [6.07, 6.45) is 0.400. The highest BCUT2D eigenvalue weighted by Gasteiger charge is 2.22. The molecule has 1 atom stereocenters. The van der Waals surface area contributed by atoms with Gasteiger partial charge in [-0.2, -0.15) is 0 Å². The van der Waals surface area contributed by atoms with Crippen molar-refractivity contribution < 1.29 is 24.2 Å². The number of aryl methyl sites for hydroxylation is 1. The van der Waals surface area contributed by atoms with Gasteiger partial charge in [0.05, 0.1) is 11.5 Å². The predicted octanol–water partition coefficient (Wildman–Crippen LogP) is 8.37. The zero-order valence-corrected chi connectivity index (χ0v) is 24.1. The molecule has 0 unspecified atom stereocenters. The number of anilines is 1. The lowest BCUT2D eigenvalue weighted by Crippen LogP contribution is -2.23. The first-order chi connectivity index (χ1) is 20.8. The van der Waals surface area contributed by atoms with E-state index in [1.54, 1.807) is 24.3 Å². The number of hydrogen-bond acceptors (Lipinski definition) is 4. The maximum Gasteiger partial charge on any atom is 0.335 e. The van der Waals surface area contributed by atoms with Crippen LogP contribution in [0.1, 0.15) is 33.0 Å². The van der Waals surface area contributed by atoms with Gasteiger partial charge in [-0.3, -0.25) is 4.79 Å². The van der Waals surface area contributed by atoms with Gasteiger partial charge in [0.1, 0.15) is 0 Å². The van der Waals surface area contributed by atoms with Gasteiger partial charge in [-0.1, -0.05) is 72.3 Å². The summed E-state index contributed by atoms with van der Waals surface area (Å²) < 4.78 is 11.0. The lowest BCUT2D eigenvalue weighted by atomic mass is 9.89. The predicted molar refractivity (Wildman–Crippen MR) is 168 cm³/mol. The van der Waals surface area contributed by atoms with E-state index in [4.69, 9.17) is 21.1 Å². The quantitative estimate of drug-likeness (QED) is 0.190. The van der Waals surface area contributed by atoms with Gasteiger partial charge in [0.15, 0.2) is 11.5 Å². The molecule has 6 nitrogen and oxygen atoms in total. The van der Waals surface area contributed by atoms with Gasteiger partial charge in [0.25, 0.3) is 0 Å². The number of carboxylic acid groups (broad SMARTS) is 1. The summed E-state index contributed by atoms with van der Waals surface area (Å²) in [5.41, 5.74) is 7.74. The second-order valence-corrected chi connectivity index (χ2v) is 10.9. The molecule has 0 saturated heterocycles. The summed E-state index contributed by atoms with van der Waals surface area (Å²) >= 11 is 6.12. The van der Waals surface area contributed by atoms with Crippen LogP contribution in [0, 0.1) is 6.92 Å². The molecule has 5 aromatic rings. The molecule has 0 aliphatic carbocycles. The molecule has 1 amide bonds. The number of carbonyl (C=O) groups is 2. The first kappa shape index (κ1) is 28.1. The van der Waals surface area contributed by atoms with Gasteiger partial charge in [-0.15, -0.1) is 0 Å². The van der Waals surface area contributed by atoms with Crippen LogP contribution in [0.2, 0.25) is 5.02 Å². The molecular weight excluding hydrogens is 562 g/mol. The highest BCUT2D eigenvalue weighted by Crippen LogP contribution is 2.36. The fourth-order valence-corrected chi connectivity index (χ4v) is 5.51. The molecule has 0 aromatic heterocycles. The van der Waals surface area contributed by atoms with E-state index >= 15 is 0 Å². The van der Waals surface area contributed by atoms with Crippen molar-refractivity contribution in [2.24, 2.45) is 0 Å². The van der Waals surface area contributed by atoms with E-state index in [2.05, 4.69) is 5.32 Å². The van der Waals surface area contributed by atoms with Crippen LogP contribution in [0.4, 0.5) is 5.69 Å². The Kier molecular flexibility index (Phi) is 7.86. The van der Waals surface area contributed by atoms with Crippen LogP contribution in [0.15, 0.2) is 109 Å². The van der Waals surface area contributed by atoms with E-state index in [9.17, 15) is 14.7 Å². The van der Waals surface area contributed by atoms with Gasteiger partial charge in [0, 0.05) is 10.7 Å². The number of ether oxygens (including phenoxy) is 2. The summed E-state index contributed by atoms with van der Waals surface area (Å²) in [5.74, 6) is -0.228. The highest BCUT2D eigenvalue weighted by molar-refractivity contribution is 6.30. The summed E-state index contributed by atoms with van der Waals surface area (Å²) in [4.78, 5) is 25.1. The van der Waals surface area contributed by atoms with Gasteiger partial charge in [-0.05, 0) is 101 Å². The Morgan fingerprint density at radius 2 is 1.47 bits per heavy atom. The number of halogens is 1. The summed E-state index contributed by atoms with van der Waals surface area (Å²) in [6.45, 7) is 2.23. The largest absolute Gasteiger partial charge is 0.478 e. The molecule has 5 aromatic carbocycles. The van der Waals surface area contributed by atoms with Crippen molar-refractivity contribution in [1.29, 1.82) is 0 Å². The number of aromatic carboxylic acids is 1. The second-order valence-electron chi connectivity index (χ2n) is 10.5.